The lowest BCUT2D eigenvalue weighted by Gasteiger charge is -2.08. The molecule has 0 aliphatic carbocycles. The summed E-state index contributed by atoms with van der Waals surface area (Å²) in [6.45, 7) is 6.56. The van der Waals surface area contributed by atoms with E-state index in [9.17, 15) is 4.79 Å². The summed E-state index contributed by atoms with van der Waals surface area (Å²) in [5.41, 5.74) is 5.20. The second-order valence-corrected chi connectivity index (χ2v) is 6.88. The third-order valence-electron chi connectivity index (χ3n) is 4.16. The van der Waals surface area contributed by atoms with Crippen molar-refractivity contribution in [3.05, 3.63) is 63.1 Å². The lowest BCUT2D eigenvalue weighted by atomic mass is 10.2. The van der Waals surface area contributed by atoms with E-state index in [-0.39, 0.29) is 5.91 Å². The molecule has 25 heavy (non-hydrogen) atoms. The average molecular weight is 402 g/mol. The Labute approximate surface area is 155 Å². The third kappa shape index (κ3) is 3.66. The van der Waals surface area contributed by atoms with Gasteiger partial charge in [-0.05, 0) is 60.5 Å². The molecule has 7 heteroatoms. The highest BCUT2D eigenvalue weighted by atomic mass is 79.9. The first kappa shape index (κ1) is 17.4. The number of nitrogens with one attached hydrogen (secondary N) is 1. The molecule has 1 amide bonds. The summed E-state index contributed by atoms with van der Waals surface area (Å²) in [5, 5.41) is 11.6. The van der Waals surface area contributed by atoms with Crippen LogP contribution in [0.1, 0.15) is 33.1 Å². The number of anilines is 1. The van der Waals surface area contributed by atoms with Crippen molar-refractivity contribution in [1.29, 1.82) is 0 Å². The van der Waals surface area contributed by atoms with E-state index >= 15 is 0 Å². The summed E-state index contributed by atoms with van der Waals surface area (Å²) in [5.74, 6) is -0.213. The number of hydrogen-bond donors (Lipinski definition) is 1. The van der Waals surface area contributed by atoms with E-state index in [2.05, 4.69) is 31.4 Å². The quantitative estimate of drug-likeness (QED) is 0.725. The van der Waals surface area contributed by atoms with Crippen molar-refractivity contribution in [1.82, 2.24) is 19.6 Å². The molecule has 0 aliphatic heterocycles. The average Bonchev–Trinajstić information content (AvgIpc) is 3.03. The lowest BCUT2D eigenvalue weighted by Crippen LogP contribution is -2.13. The van der Waals surface area contributed by atoms with Crippen molar-refractivity contribution >= 4 is 27.5 Å². The highest BCUT2D eigenvalue weighted by Crippen LogP contribution is 2.21. The minimum Gasteiger partial charge on any atom is -0.321 e. The third-order valence-corrected chi connectivity index (χ3v) is 5.30. The largest absolute Gasteiger partial charge is 0.321 e. The second kappa shape index (κ2) is 6.84. The molecule has 0 aliphatic rings. The number of carbonyl (C=O) groups excluding carboxylic acids is 1. The monoisotopic (exact) mass is 401 g/mol. The molecule has 1 aromatic carbocycles. The predicted molar refractivity (Wildman–Crippen MR) is 101 cm³/mol. The van der Waals surface area contributed by atoms with Crippen molar-refractivity contribution < 1.29 is 4.79 Å². The molecule has 0 saturated heterocycles. The van der Waals surface area contributed by atoms with Crippen LogP contribution in [0.4, 0.5) is 5.69 Å². The van der Waals surface area contributed by atoms with Gasteiger partial charge in [0.2, 0.25) is 0 Å². The first-order valence-electron chi connectivity index (χ1n) is 7.95. The highest BCUT2D eigenvalue weighted by Gasteiger charge is 2.12. The number of amides is 1. The number of carbonyl (C=O) groups is 1. The molecule has 0 unspecified atom stereocenters. The van der Waals surface area contributed by atoms with Crippen molar-refractivity contribution in [3.63, 3.8) is 0 Å². The number of halogens is 1. The molecule has 2 aromatic heterocycles. The van der Waals surface area contributed by atoms with Crippen LogP contribution in [-0.4, -0.2) is 25.5 Å². The van der Waals surface area contributed by atoms with E-state index in [0.717, 1.165) is 32.8 Å². The van der Waals surface area contributed by atoms with E-state index in [4.69, 9.17) is 0 Å². The zero-order valence-corrected chi connectivity index (χ0v) is 16.3. The molecule has 0 radical (unpaired) electrons. The molecule has 0 fully saturated rings. The number of aromatic nitrogens is 4. The van der Waals surface area contributed by atoms with Gasteiger partial charge in [0.15, 0.2) is 5.69 Å². The van der Waals surface area contributed by atoms with Gasteiger partial charge in [-0.25, -0.2) is 0 Å². The van der Waals surface area contributed by atoms with Crippen LogP contribution in [0.15, 0.2) is 34.8 Å². The van der Waals surface area contributed by atoms with Gasteiger partial charge >= 0.3 is 0 Å². The maximum atomic E-state index is 12.3. The zero-order valence-electron chi connectivity index (χ0n) is 14.7. The van der Waals surface area contributed by atoms with Crippen molar-refractivity contribution in [2.75, 3.05) is 5.32 Å². The first-order chi connectivity index (χ1) is 11.8. The summed E-state index contributed by atoms with van der Waals surface area (Å²) >= 11 is 3.54. The Hall–Kier alpha value is -2.41. The standard InChI is InChI=1S/C18H20BrN5O/c1-11-8-16(22-23(11)4)18(25)20-15-7-5-6-14(9-15)10-24-13(3)17(19)12(2)21-24/h5-9H,10H2,1-4H3,(H,20,25). The maximum absolute atomic E-state index is 12.3. The molecular formula is C18H20BrN5O. The van der Waals surface area contributed by atoms with Gasteiger partial charge in [-0.1, -0.05) is 12.1 Å². The molecule has 3 rings (SSSR count). The Morgan fingerprint density at radius 3 is 2.56 bits per heavy atom. The summed E-state index contributed by atoms with van der Waals surface area (Å²) < 4.78 is 4.66. The summed E-state index contributed by atoms with van der Waals surface area (Å²) in [4.78, 5) is 12.3. The van der Waals surface area contributed by atoms with Crippen LogP contribution >= 0.6 is 15.9 Å². The summed E-state index contributed by atoms with van der Waals surface area (Å²) in [6, 6.07) is 9.54. The molecule has 2 heterocycles. The molecule has 3 aromatic rings. The van der Waals surface area contributed by atoms with Crippen molar-refractivity contribution in [3.8, 4) is 0 Å². The fourth-order valence-electron chi connectivity index (χ4n) is 2.62. The van der Waals surface area contributed by atoms with Crippen LogP contribution in [0.5, 0.6) is 0 Å². The smallest absolute Gasteiger partial charge is 0.276 e. The molecule has 0 atom stereocenters. The molecule has 130 valence electrons. The van der Waals surface area contributed by atoms with Gasteiger partial charge in [0.05, 0.1) is 22.4 Å². The van der Waals surface area contributed by atoms with Crippen LogP contribution in [-0.2, 0) is 13.6 Å². The fourth-order valence-corrected chi connectivity index (χ4v) is 2.90. The van der Waals surface area contributed by atoms with Gasteiger partial charge in [-0.2, -0.15) is 10.2 Å². The van der Waals surface area contributed by atoms with Crippen molar-refractivity contribution in [2.24, 2.45) is 7.05 Å². The van der Waals surface area contributed by atoms with Gasteiger partial charge in [-0.15, -0.1) is 0 Å². The fraction of sp³-hybridized carbons (Fsp3) is 0.278. The minimum absolute atomic E-state index is 0.213. The van der Waals surface area contributed by atoms with E-state index in [0.29, 0.717) is 12.2 Å². The Kier molecular flexibility index (Phi) is 4.76. The van der Waals surface area contributed by atoms with Gasteiger partial charge in [0.25, 0.3) is 5.91 Å². The van der Waals surface area contributed by atoms with Crippen molar-refractivity contribution in [2.45, 2.75) is 27.3 Å². The van der Waals surface area contributed by atoms with Crippen LogP contribution in [0.3, 0.4) is 0 Å². The maximum Gasteiger partial charge on any atom is 0.276 e. The zero-order chi connectivity index (χ0) is 18.1. The topological polar surface area (TPSA) is 64.7 Å². The molecule has 0 bridgehead atoms. The minimum atomic E-state index is -0.213. The Bertz CT molecular complexity index is 922. The summed E-state index contributed by atoms with van der Waals surface area (Å²) in [6.07, 6.45) is 0. The normalized spacial score (nSPS) is 10.9. The number of benzene rings is 1. The Morgan fingerprint density at radius 1 is 1.20 bits per heavy atom. The molecule has 0 saturated carbocycles. The Balaban J connectivity index is 1.77. The second-order valence-electron chi connectivity index (χ2n) is 6.09. The number of rotatable bonds is 4. The first-order valence-corrected chi connectivity index (χ1v) is 8.75. The van der Waals surface area contributed by atoms with Gasteiger partial charge in [0, 0.05) is 18.4 Å². The molecular weight excluding hydrogens is 382 g/mol. The van der Waals surface area contributed by atoms with Crippen LogP contribution in [0.25, 0.3) is 0 Å². The lowest BCUT2D eigenvalue weighted by molar-refractivity contribution is 0.102. The number of aryl methyl sites for hydroxylation is 3. The van der Waals surface area contributed by atoms with Crippen LogP contribution in [0.2, 0.25) is 0 Å². The highest BCUT2D eigenvalue weighted by molar-refractivity contribution is 9.10. The van der Waals surface area contributed by atoms with E-state index in [1.165, 1.54) is 0 Å². The van der Waals surface area contributed by atoms with E-state index in [1.54, 1.807) is 10.7 Å². The predicted octanol–water partition coefficient (Wildman–Crippen LogP) is 3.60. The molecule has 6 nitrogen and oxygen atoms in total. The summed E-state index contributed by atoms with van der Waals surface area (Å²) in [7, 11) is 1.82. The molecule has 0 spiro atoms. The SMILES string of the molecule is Cc1nn(Cc2cccc(NC(=O)c3cc(C)n(C)n3)c2)c(C)c1Br. The Morgan fingerprint density at radius 2 is 1.96 bits per heavy atom. The van der Waals surface area contributed by atoms with Gasteiger partial charge in [0.1, 0.15) is 0 Å². The number of nitrogens with zero attached hydrogens (tertiary/aromatic N) is 4. The van der Waals surface area contributed by atoms with E-state index in [1.807, 2.05) is 56.8 Å². The number of hydrogen-bond acceptors (Lipinski definition) is 3. The van der Waals surface area contributed by atoms with Crippen LogP contribution in [0, 0.1) is 20.8 Å². The van der Waals surface area contributed by atoms with Gasteiger partial charge < -0.3 is 5.32 Å². The van der Waals surface area contributed by atoms with E-state index < -0.39 is 0 Å². The van der Waals surface area contributed by atoms with Gasteiger partial charge in [-0.3, -0.25) is 14.2 Å². The van der Waals surface area contributed by atoms with Crippen LogP contribution < -0.4 is 5.32 Å². The molecule has 1 N–H and O–H groups in total.